The van der Waals surface area contributed by atoms with Crippen molar-refractivity contribution in [2.45, 2.75) is 19.8 Å². The first-order chi connectivity index (χ1) is 9.08. The van der Waals surface area contributed by atoms with Crippen LogP contribution in [0.2, 0.25) is 0 Å². The van der Waals surface area contributed by atoms with Crippen molar-refractivity contribution >= 4 is 11.9 Å². The van der Waals surface area contributed by atoms with E-state index in [1.165, 1.54) is 20.3 Å². The van der Waals surface area contributed by atoms with E-state index in [1.54, 1.807) is 18.2 Å². The van der Waals surface area contributed by atoms with E-state index in [0.717, 1.165) is 6.08 Å². The van der Waals surface area contributed by atoms with Gasteiger partial charge in [-0.05, 0) is 19.8 Å². The lowest BCUT2D eigenvalue weighted by Crippen LogP contribution is -2.40. The van der Waals surface area contributed by atoms with Crippen molar-refractivity contribution in [2.75, 3.05) is 14.2 Å². The molecule has 0 saturated carbocycles. The van der Waals surface area contributed by atoms with Crippen LogP contribution in [0.5, 0.6) is 0 Å². The van der Waals surface area contributed by atoms with E-state index >= 15 is 0 Å². The summed E-state index contributed by atoms with van der Waals surface area (Å²) in [6.45, 7) is 8.87. The van der Waals surface area contributed by atoms with Gasteiger partial charge in [0.15, 0.2) is 5.41 Å². The molecule has 0 aliphatic carbocycles. The van der Waals surface area contributed by atoms with Gasteiger partial charge in [0, 0.05) is 6.92 Å². The Morgan fingerprint density at radius 1 is 1.05 bits per heavy atom. The highest BCUT2D eigenvalue weighted by atomic mass is 16.5. The highest BCUT2D eigenvalue weighted by Crippen LogP contribution is 2.31. The van der Waals surface area contributed by atoms with Crippen LogP contribution in [0, 0.1) is 12.3 Å². The van der Waals surface area contributed by atoms with Gasteiger partial charge < -0.3 is 9.47 Å². The lowest BCUT2D eigenvalue weighted by Gasteiger charge is -2.25. The van der Waals surface area contributed by atoms with Gasteiger partial charge in [0.25, 0.3) is 0 Å². The van der Waals surface area contributed by atoms with Gasteiger partial charge in [-0.1, -0.05) is 36.5 Å². The van der Waals surface area contributed by atoms with Crippen LogP contribution in [0.3, 0.4) is 0 Å². The zero-order chi connectivity index (χ0) is 14.7. The van der Waals surface area contributed by atoms with Gasteiger partial charge in [0.2, 0.25) is 0 Å². The van der Waals surface area contributed by atoms with Gasteiger partial charge in [-0.25, -0.2) is 0 Å². The predicted octanol–water partition coefficient (Wildman–Crippen LogP) is 2.38. The fraction of sp³-hybridized carbons (Fsp3) is 0.400. The van der Waals surface area contributed by atoms with Crippen LogP contribution >= 0.6 is 0 Å². The van der Waals surface area contributed by atoms with Gasteiger partial charge >= 0.3 is 11.9 Å². The molecule has 19 heavy (non-hydrogen) atoms. The van der Waals surface area contributed by atoms with Gasteiger partial charge in [-0.15, -0.1) is 0 Å². The van der Waals surface area contributed by atoms with E-state index in [4.69, 9.17) is 16.4 Å². The number of hydrogen-bond donors (Lipinski definition) is 0. The molecule has 0 aliphatic heterocycles. The summed E-state index contributed by atoms with van der Waals surface area (Å²) in [5.41, 5.74) is -1.43. The average Bonchev–Trinajstić information content (AvgIpc) is 2.45. The molecule has 0 bridgehead atoms. The van der Waals surface area contributed by atoms with E-state index in [-0.39, 0.29) is 12.8 Å². The summed E-state index contributed by atoms with van der Waals surface area (Å²) >= 11 is 0. The van der Waals surface area contributed by atoms with E-state index < -0.39 is 17.4 Å². The van der Waals surface area contributed by atoms with E-state index in [0.29, 0.717) is 0 Å². The SMILES string of the molecule is [C]/C=C/CC(C/C=C/C=C/C)(C(=O)OC)C(=O)OC. The molecule has 4 heteroatoms. The molecule has 0 N–H and O–H groups in total. The standard InChI is InChI=1S/C15H19O4/c1-5-7-9-10-12-15(11-8-6-2,13(16)18-3)14(17)19-4/h5-10H,11-12H2,1,3-4H3/b7-5+,8-6+,10-9+. The first-order valence-electron chi connectivity index (χ1n) is 5.86. The van der Waals surface area contributed by atoms with Crippen molar-refractivity contribution in [1.82, 2.24) is 0 Å². The van der Waals surface area contributed by atoms with Crippen molar-refractivity contribution < 1.29 is 19.1 Å². The van der Waals surface area contributed by atoms with Gasteiger partial charge in [0.05, 0.1) is 14.2 Å². The maximum atomic E-state index is 11.9. The molecule has 0 aliphatic rings. The van der Waals surface area contributed by atoms with Crippen molar-refractivity contribution in [3.63, 3.8) is 0 Å². The van der Waals surface area contributed by atoms with Crippen LogP contribution in [0.4, 0.5) is 0 Å². The molecule has 0 rings (SSSR count). The first-order valence-corrected chi connectivity index (χ1v) is 5.86. The van der Waals surface area contributed by atoms with Crippen LogP contribution in [0.25, 0.3) is 0 Å². The van der Waals surface area contributed by atoms with E-state index in [2.05, 4.69) is 0 Å². The monoisotopic (exact) mass is 263 g/mol. The highest BCUT2D eigenvalue weighted by molar-refractivity contribution is 6.00. The topological polar surface area (TPSA) is 52.6 Å². The normalized spacial score (nSPS) is 12.4. The summed E-state index contributed by atoms with van der Waals surface area (Å²) in [5.74, 6) is -1.33. The molecule has 0 heterocycles. The summed E-state index contributed by atoms with van der Waals surface area (Å²) in [6, 6.07) is 0. The minimum absolute atomic E-state index is 0.0655. The fourth-order valence-corrected chi connectivity index (χ4v) is 1.61. The number of carbonyl (C=O) groups excluding carboxylic acids is 2. The largest absolute Gasteiger partial charge is 0.468 e. The number of carbonyl (C=O) groups is 2. The number of esters is 2. The minimum Gasteiger partial charge on any atom is -0.468 e. The molecule has 3 radical (unpaired) electrons. The Kier molecular flexibility index (Phi) is 8.25. The Balaban J connectivity index is 5.34. The molecule has 4 nitrogen and oxygen atoms in total. The lowest BCUT2D eigenvalue weighted by molar-refractivity contribution is -0.168. The second-order valence-corrected chi connectivity index (χ2v) is 3.83. The van der Waals surface area contributed by atoms with Crippen molar-refractivity contribution in [3.8, 4) is 0 Å². The van der Waals surface area contributed by atoms with Crippen LogP contribution < -0.4 is 0 Å². The number of allylic oxidation sites excluding steroid dienone is 6. The molecule has 103 valence electrons. The molecule has 0 atom stereocenters. The predicted molar refractivity (Wildman–Crippen MR) is 72.0 cm³/mol. The summed E-state index contributed by atoms with van der Waals surface area (Å²) in [6.07, 6.45) is 9.75. The molecule has 0 saturated heterocycles. The summed E-state index contributed by atoms with van der Waals surface area (Å²) in [7, 11) is 2.44. The van der Waals surface area contributed by atoms with E-state index in [9.17, 15) is 9.59 Å². The first kappa shape index (κ1) is 17.2. The maximum Gasteiger partial charge on any atom is 0.323 e. The Hall–Kier alpha value is -1.84. The average molecular weight is 263 g/mol. The Labute approximate surface area is 114 Å². The van der Waals surface area contributed by atoms with Crippen molar-refractivity contribution in [1.29, 1.82) is 0 Å². The molecular formula is C15H19O4. The van der Waals surface area contributed by atoms with Gasteiger partial charge in [-0.2, -0.15) is 0 Å². The van der Waals surface area contributed by atoms with Gasteiger partial charge in [-0.3, -0.25) is 9.59 Å². The number of ether oxygens (including phenoxy) is 2. The quantitative estimate of drug-likeness (QED) is 0.402. The summed E-state index contributed by atoms with van der Waals surface area (Å²) in [4.78, 5) is 23.9. The zero-order valence-electron chi connectivity index (χ0n) is 11.5. The Bertz CT molecular complexity index is 362. The molecule has 0 unspecified atom stereocenters. The maximum absolute atomic E-state index is 11.9. The second kappa shape index (κ2) is 9.14. The van der Waals surface area contributed by atoms with Crippen LogP contribution in [-0.4, -0.2) is 26.2 Å². The molecule has 0 aromatic heterocycles. The lowest BCUT2D eigenvalue weighted by atomic mass is 9.80. The number of rotatable bonds is 7. The number of methoxy groups -OCH3 is 2. The Morgan fingerprint density at radius 3 is 2.00 bits per heavy atom. The number of hydrogen-bond acceptors (Lipinski definition) is 4. The molecular weight excluding hydrogens is 244 g/mol. The van der Waals surface area contributed by atoms with Crippen molar-refractivity contribution in [3.05, 3.63) is 43.4 Å². The van der Waals surface area contributed by atoms with E-state index in [1.807, 2.05) is 13.0 Å². The Morgan fingerprint density at radius 2 is 1.58 bits per heavy atom. The molecule has 0 fully saturated rings. The highest BCUT2D eigenvalue weighted by Gasteiger charge is 2.46. The summed E-state index contributed by atoms with van der Waals surface area (Å²) in [5, 5.41) is 0. The third-order valence-electron chi connectivity index (χ3n) is 2.64. The smallest absolute Gasteiger partial charge is 0.323 e. The van der Waals surface area contributed by atoms with Gasteiger partial charge in [0.1, 0.15) is 0 Å². The summed E-state index contributed by atoms with van der Waals surface area (Å²) < 4.78 is 9.41. The third-order valence-corrected chi connectivity index (χ3v) is 2.64. The third kappa shape index (κ3) is 4.73. The van der Waals surface area contributed by atoms with Crippen LogP contribution in [0.15, 0.2) is 36.5 Å². The zero-order valence-corrected chi connectivity index (χ0v) is 11.5. The molecule has 0 spiro atoms. The molecule has 0 aromatic rings. The molecule has 0 amide bonds. The van der Waals surface area contributed by atoms with Crippen LogP contribution in [-0.2, 0) is 19.1 Å². The minimum atomic E-state index is -1.43. The fourth-order valence-electron chi connectivity index (χ4n) is 1.61. The van der Waals surface area contributed by atoms with Crippen LogP contribution in [0.1, 0.15) is 19.8 Å². The van der Waals surface area contributed by atoms with Crippen molar-refractivity contribution in [2.24, 2.45) is 5.41 Å². The molecule has 0 aromatic carbocycles. The second-order valence-electron chi connectivity index (χ2n) is 3.83.